The molecule has 1 aromatic carbocycles. The molecule has 0 bridgehead atoms. The zero-order valence-corrected chi connectivity index (χ0v) is 11.9. The van der Waals surface area contributed by atoms with Crippen LogP contribution >= 0.6 is 0 Å². The van der Waals surface area contributed by atoms with Crippen LogP contribution in [0.2, 0.25) is 0 Å². The van der Waals surface area contributed by atoms with Crippen LogP contribution < -0.4 is 0 Å². The van der Waals surface area contributed by atoms with E-state index in [9.17, 15) is 4.79 Å². The molecule has 0 aromatic heterocycles. The highest BCUT2D eigenvalue weighted by Gasteiger charge is 2.10. The van der Waals surface area contributed by atoms with Crippen LogP contribution in [0, 0.1) is 0 Å². The minimum absolute atomic E-state index is 0.253. The molecule has 0 aliphatic carbocycles. The molecule has 0 amide bonds. The average Bonchev–Trinajstić information content (AvgIpc) is 2.28. The fourth-order valence-corrected chi connectivity index (χ4v) is 2.17. The Hall–Kier alpha value is -1.31. The number of carboxylic acid groups (broad SMARTS) is 1. The lowest BCUT2D eigenvalue weighted by Gasteiger charge is -2.16. The second-order valence-corrected chi connectivity index (χ2v) is 5.51. The Bertz CT molecular complexity index is 406. The van der Waals surface area contributed by atoms with Crippen molar-refractivity contribution in [1.82, 2.24) is 0 Å². The molecule has 100 valence electrons. The fourth-order valence-electron chi connectivity index (χ4n) is 2.17. The van der Waals surface area contributed by atoms with Crippen LogP contribution in [0.15, 0.2) is 18.2 Å². The standard InChI is InChI=1S/C16H24O2/c1-11(2)14-9-8-13(6-5-7-16(17)18)15(10-14)12(3)4/h8-12H,5-7H2,1-4H3,(H,17,18). The Kier molecular flexibility index (Phi) is 5.39. The number of hydrogen-bond donors (Lipinski definition) is 1. The fraction of sp³-hybridized carbons (Fsp3) is 0.562. The predicted molar refractivity (Wildman–Crippen MR) is 75.2 cm³/mol. The van der Waals surface area contributed by atoms with E-state index in [0.29, 0.717) is 11.8 Å². The van der Waals surface area contributed by atoms with Crippen molar-refractivity contribution < 1.29 is 9.90 Å². The van der Waals surface area contributed by atoms with Crippen molar-refractivity contribution in [3.63, 3.8) is 0 Å². The van der Waals surface area contributed by atoms with Crippen molar-refractivity contribution in [2.75, 3.05) is 0 Å². The SMILES string of the molecule is CC(C)c1ccc(CCCC(=O)O)c(C(C)C)c1. The molecule has 0 aliphatic rings. The summed E-state index contributed by atoms with van der Waals surface area (Å²) in [5, 5.41) is 8.69. The van der Waals surface area contributed by atoms with Crippen molar-refractivity contribution in [3.8, 4) is 0 Å². The highest BCUT2D eigenvalue weighted by molar-refractivity contribution is 5.66. The molecule has 0 saturated carbocycles. The zero-order valence-electron chi connectivity index (χ0n) is 11.9. The first-order chi connectivity index (χ1) is 8.41. The van der Waals surface area contributed by atoms with Crippen LogP contribution in [0.25, 0.3) is 0 Å². The van der Waals surface area contributed by atoms with Gasteiger partial charge < -0.3 is 5.11 Å². The molecule has 2 heteroatoms. The number of hydrogen-bond acceptors (Lipinski definition) is 1. The van der Waals surface area contributed by atoms with Crippen LogP contribution in [0.1, 0.15) is 69.1 Å². The van der Waals surface area contributed by atoms with Gasteiger partial charge in [0.1, 0.15) is 0 Å². The molecule has 0 saturated heterocycles. The Morgan fingerprint density at radius 2 is 1.83 bits per heavy atom. The van der Waals surface area contributed by atoms with Crippen molar-refractivity contribution in [2.24, 2.45) is 0 Å². The van der Waals surface area contributed by atoms with Gasteiger partial charge in [-0.3, -0.25) is 4.79 Å². The molecule has 0 unspecified atom stereocenters. The van der Waals surface area contributed by atoms with Gasteiger partial charge in [-0.2, -0.15) is 0 Å². The molecule has 0 radical (unpaired) electrons. The Morgan fingerprint density at radius 3 is 2.33 bits per heavy atom. The first kappa shape index (κ1) is 14.7. The van der Waals surface area contributed by atoms with Crippen molar-refractivity contribution in [3.05, 3.63) is 34.9 Å². The molecular formula is C16H24O2. The molecule has 0 aliphatic heterocycles. The molecular weight excluding hydrogens is 224 g/mol. The van der Waals surface area contributed by atoms with E-state index < -0.39 is 5.97 Å². The van der Waals surface area contributed by atoms with E-state index >= 15 is 0 Å². The van der Waals surface area contributed by atoms with Crippen molar-refractivity contribution in [1.29, 1.82) is 0 Å². The first-order valence-electron chi connectivity index (χ1n) is 6.76. The summed E-state index contributed by atoms with van der Waals surface area (Å²) >= 11 is 0. The third kappa shape index (κ3) is 4.17. The average molecular weight is 248 g/mol. The van der Waals surface area contributed by atoms with E-state index in [1.54, 1.807) is 0 Å². The Morgan fingerprint density at radius 1 is 1.17 bits per heavy atom. The number of benzene rings is 1. The van der Waals surface area contributed by atoms with Gasteiger partial charge in [0.15, 0.2) is 0 Å². The molecule has 2 nitrogen and oxygen atoms in total. The van der Waals surface area contributed by atoms with E-state index in [-0.39, 0.29) is 6.42 Å². The third-order valence-corrected chi connectivity index (χ3v) is 3.30. The van der Waals surface area contributed by atoms with Crippen LogP contribution in [-0.4, -0.2) is 11.1 Å². The zero-order chi connectivity index (χ0) is 13.7. The lowest BCUT2D eigenvalue weighted by Crippen LogP contribution is -2.01. The van der Waals surface area contributed by atoms with Gasteiger partial charge in [0, 0.05) is 6.42 Å². The normalized spacial score (nSPS) is 11.2. The maximum absolute atomic E-state index is 10.6. The number of carboxylic acids is 1. The summed E-state index contributed by atoms with van der Waals surface area (Å²) in [4.78, 5) is 10.6. The van der Waals surface area contributed by atoms with Gasteiger partial charge in [-0.05, 0) is 41.4 Å². The maximum Gasteiger partial charge on any atom is 0.303 e. The maximum atomic E-state index is 10.6. The quantitative estimate of drug-likeness (QED) is 0.813. The molecule has 1 N–H and O–H groups in total. The number of aliphatic carboxylic acids is 1. The summed E-state index contributed by atoms with van der Waals surface area (Å²) in [6, 6.07) is 6.63. The van der Waals surface area contributed by atoms with E-state index in [1.807, 2.05) is 0 Å². The summed E-state index contributed by atoms with van der Waals surface area (Å²) in [5.74, 6) is 0.319. The van der Waals surface area contributed by atoms with Gasteiger partial charge in [0.05, 0.1) is 0 Å². The lowest BCUT2D eigenvalue weighted by molar-refractivity contribution is -0.137. The van der Waals surface area contributed by atoms with E-state index in [4.69, 9.17) is 5.11 Å². The molecule has 1 rings (SSSR count). The van der Waals surface area contributed by atoms with Gasteiger partial charge in [-0.15, -0.1) is 0 Å². The molecule has 0 spiro atoms. The summed E-state index contributed by atoms with van der Waals surface area (Å²) in [7, 11) is 0. The van der Waals surface area contributed by atoms with Gasteiger partial charge >= 0.3 is 5.97 Å². The Labute approximate surface area is 110 Å². The minimum atomic E-state index is -0.708. The summed E-state index contributed by atoms with van der Waals surface area (Å²) < 4.78 is 0. The van der Waals surface area contributed by atoms with Gasteiger partial charge in [-0.25, -0.2) is 0 Å². The molecule has 0 fully saturated rings. The van der Waals surface area contributed by atoms with Crippen LogP contribution in [0.5, 0.6) is 0 Å². The van der Waals surface area contributed by atoms with Crippen LogP contribution in [0.4, 0.5) is 0 Å². The monoisotopic (exact) mass is 248 g/mol. The topological polar surface area (TPSA) is 37.3 Å². The highest BCUT2D eigenvalue weighted by Crippen LogP contribution is 2.26. The molecule has 18 heavy (non-hydrogen) atoms. The minimum Gasteiger partial charge on any atom is -0.481 e. The van der Waals surface area contributed by atoms with Gasteiger partial charge in [0.2, 0.25) is 0 Å². The third-order valence-electron chi connectivity index (χ3n) is 3.30. The number of aryl methyl sites for hydroxylation is 1. The van der Waals surface area contributed by atoms with Gasteiger partial charge in [-0.1, -0.05) is 45.9 Å². The van der Waals surface area contributed by atoms with Crippen LogP contribution in [0.3, 0.4) is 0 Å². The lowest BCUT2D eigenvalue weighted by atomic mass is 9.89. The van der Waals surface area contributed by atoms with Crippen LogP contribution in [-0.2, 0) is 11.2 Å². The summed E-state index contributed by atoms with van der Waals surface area (Å²) in [6.07, 6.45) is 1.83. The summed E-state index contributed by atoms with van der Waals surface area (Å²) in [6.45, 7) is 8.79. The molecule has 0 atom stereocenters. The largest absolute Gasteiger partial charge is 0.481 e. The number of rotatable bonds is 6. The van der Waals surface area contributed by atoms with Crippen molar-refractivity contribution in [2.45, 2.75) is 58.8 Å². The van der Waals surface area contributed by atoms with E-state index in [1.165, 1.54) is 16.7 Å². The second kappa shape index (κ2) is 6.58. The second-order valence-electron chi connectivity index (χ2n) is 5.51. The predicted octanol–water partition coefficient (Wildman–Crippen LogP) is 4.34. The first-order valence-corrected chi connectivity index (χ1v) is 6.76. The molecule has 0 heterocycles. The summed E-state index contributed by atoms with van der Waals surface area (Å²) in [5.41, 5.74) is 4.03. The highest BCUT2D eigenvalue weighted by atomic mass is 16.4. The molecule has 1 aromatic rings. The number of carbonyl (C=O) groups is 1. The smallest absolute Gasteiger partial charge is 0.303 e. The van der Waals surface area contributed by atoms with Crippen molar-refractivity contribution >= 4 is 5.97 Å². The van der Waals surface area contributed by atoms with E-state index in [0.717, 1.165) is 12.8 Å². The van der Waals surface area contributed by atoms with Gasteiger partial charge in [0.25, 0.3) is 0 Å². The van der Waals surface area contributed by atoms with E-state index in [2.05, 4.69) is 45.9 Å². The Balaban J connectivity index is 2.86.